The molecule has 1 aliphatic carbocycles. The molecule has 5 atom stereocenters. The van der Waals surface area contributed by atoms with Crippen LogP contribution >= 0.6 is 0 Å². The molecule has 0 aromatic rings. The molecule has 1 saturated carbocycles. The van der Waals surface area contributed by atoms with Gasteiger partial charge in [-0.25, -0.2) is 0 Å². The van der Waals surface area contributed by atoms with Crippen molar-refractivity contribution in [2.75, 3.05) is 0 Å². The van der Waals surface area contributed by atoms with E-state index in [1.807, 2.05) is 38.2 Å². The predicted octanol–water partition coefficient (Wildman–Crippen LogP) is 4.48. The molecule has 1 rings (SSSR count). The van der Waals surface area contributed by atoms with E-state index in [4.69, 9.17) is 9.84 Å². The van der Waals surface area contributed by atoms with Gasteiger partial charge in [-0.2, -0.15) is 0 Å². The number of hydrogen-bond acceptors (Lipinski definition) is 4. The molecule has 5 nitrogen and oxygen atoms in total. The highest BCUT2D eigenvalue weighted by Gasteiger charge is 2.41. The van der Waals surface area contributed by atoms with Gasteiger partial charge in [-0.1, -0.05) is 50.5 Å². The van der Waals surface area contributed by atoms with Crippen molar-refractivity contribution in [2.24, 2.45) is 11.8 Å². The summed E-state index contributed by atoms with van der Waals surface area (Å²) in [6, 6.07) is 0. The summed E-state index contributed by atoms with van der Waals surface area (Å²) in [6.07, 6.45) is 14.1. The highest BCUT2D eigenvalue weighted by Crippen LogP contribution is 2.38. The zero-order chi connectivity index (χ0) is 20.9. The summed E-state index contributed by atoms with van der Waals surface area (Å²) in [7, 11) is 0. The number of carbonyl (C=O) groups is 1. The molecule has 0 aromatic carbocycles. The van der Waals surface area contributed by atoms with Crippen molar-refractivity contribution in [3.63, 3.8) is 0 Å². The maximum absolute atomic E-state index is 10.6. The molecule has 1 unspecified atom stereocenters. The second-order valence-corrected chi connectivity index (χ2v) is 8.21. The van der Waals surface area contributed by atoms with Gasteiger partial charge in [0.25, 0.3) is 0 Å². The molecule has 3 N–H and O–H groups in total. The van der Waals surface area contributed by atoms with Crippen LogP contribution in [-0.2, 0) is 9.53 Å². The average Bonchev–Trinajstić information content (AvgIpc) is 2.90. The normalized spacial score (nSPS) is 26.6. The smallest absolute Gasteiger partial charge is 0.303 e. The lowest BCUT2D eigenvalue weighted by Gasteiger charge is -2.24. The van der Waals surface area contributed by atoms with Crippen LogP contribution in [0.2, 0.25) is 0 Å². The van der Waals surface area contributed by atoms with Crippen LogP contribution < -0.4 is 0 Å². The lowest BCUT2D eigenvalue weighted by molar-refractivity contribution is -0.137. The van der Waals surface area contributed by atoms with E-state index in [1.165, 1.54) is 0 Å². The fourth-order valence-corrected chi connectivity index (χ4v) is 3.88. The minimum absolute atomic E-state index is 0.0421. The van der Waals surface area contributed by atoms with E-state index >= 15 is 0 Å². The fraction of sp³-hybridized carbons (Fsp3) is 0.783. The quantitative estimate of drug-likeness (QED) is 0.298. The second-order valence-electron chi connectivity index (χ2n) is 8.21. The van der Waals surface area contributed by atoms with Crippen molar-refractivity contribution in [1.29, 1.82) is 0 Å². The van der Waals surface area contributed by atoms with Crippen LogP contribution in [-0.4, -0.2) is 45.7 Å². The van der Waals surface area contributed by atoms with E-state index in [-0.39, 0.29) is 30.5 Å². The molecule has 0 spiro atoms. The number of allylic oxidation sites excluding steroid dienone is 2. The van der Waals surface area contributed by atoms with Gasteiger partial charge >= 0.3 is 5.97 Å². The van der Waals surface area contributed by atoms with Gasteiger partial charge in [0.2, 0.25) is 0 Å². The maximum Gasteiger partial charge on any atom is 0.303 e. The number of aliphatic hydroxyl groups is 2. The molecule has 0 heterocycles. The predicted molar refractivity (Wildman–Crippen MR) is 112 cm³/mol. The number of ether oxygens (including phenoxy) is 1. The molecule has 1 aliphatic rings. The van der Waals surface area contributed by atoms with Crippen molar-refractivity contribution in [3.8, 4) is 0 Å². The molecule has 0 saturated heterocycles. The van der Waals surface area contributed by atoms with Crippen molar-refractivity contribution >= 4 is 5.97 Å². The Labute approximate surface area is 170 Å². The summed E-state index contributed by atoms with van der Waals surface area (Å²) in [5.74, 6) is -0.642. The van der Waals surface area contributed by atoms with Gasteiger partial charge < -0.3 is 20.1 Å². The van der Waals surface area contributed by atoms with E-state index in [9.17, 15) is 15.0 Å². The molecule has 0 aromatic heterocycles. The summed E-state index contributed by atoms with van der Waals surface area (Å²) in [4.78, 5) is 10.6. The molecular formula is C23H40O5. The lowest BCUT2D eigenvalue weighted by Crippen LogP contribution is -2.24. The lowest BCUT2D eigenvalue weighted by atomic mass is 9.89. The third-order valence-corrected chi connectivity index (χ3v) is 5.33. The number of aliphatic carboxylic acids is 1. The van der Waals surface area contributed by atoms with Gasteiger partial charge in [-0.05, 0) is 45.4 Å². The summed E-state index contributed by atoms with van der Waals surface area (Å²) in [5, 5.41) is 29.5. The van der Waals surface area contributed by atoms with E-state index in [1.54, 1.807) is 0 Å². The van der Waals surface area contributed by atoms with Crippen molar-refractivity contribution in [2.45, 2.75) is 103 Å². The summed E-state index contributed by atoms with van der Waals surface area (Å²) >= 11 is 0. The zero-order valence-electron chi connectivity index (χ0n) is 17.8. The molecule has 0 bridgehead atoms. The van der Waals surface area contributed by atoms with Gasteiger partial charge in [0.15, 0.2) is 0 Å². The van der Waals surface area contributed by atoms with Crippen LogP contribution in [0.3, 0.4) is 0 Å². The van der Waals surface area contributed by atoms with Crippen molar-refractivity contribution in [3.05, 3.63) is 24.3 Å². The minimum Gasteiger partial charge on any atom is -0.481 e. The molecule has 162 valence electrons. The molecular weight excluding hydrogens is 356 g/mol. The summed E-state index contributed by atoms with van der Waals surface area (Å²) in [5.41, 5.74) is 0. The molecule has 5 heteroatoms. The Balaban J connectivity index is 2.66. The van der Waals surface area contributed by atoms with Crippen LogP contribution in [0.4, 0.5) is 0 Å². The number of carboxylic acid groups (broad SMARTS) is 1. The zero-order valence-corrected chi connectivity index (χ0v) is 17.8. The van der Waals surface area contributed by atoms with Crippen molar-refractivity contribution < 1.29 is 24.9 Å². The first-order valence-electron chi connectivity index (χ1n) is 10.9. The van der Waals surface area contributed by atoms with Gasteiger partial charge in [0.1, 0.15) is 0 Å². The standard InChI is InChI=1S/C23H40O5/c1-4-5-8-11-18(24)14-15-20-19(12-9-6-7-10-13-23(26)27)21(25)16-22(20)28-17(2)3/h6,9,14-15,17-22,24-25H,4-5,7-8,10-13,16H2,1-3H3,(H,26,27)/b9-6-,15-14+/t18-,19+,20+,21?,22+/m0/s1. The largest absolute Gasteiger partial charge is 0.481 e. The van der Waals surface area contributed by atoms with E-state index in [0.717, 1.165) is 38.5 Å². The summed E-state index contributed by atoms with van der Waals surface area (Å²) in [6.45, 7) is 6.15. The monoisotopic (exact) mass is 396 g/mol. The van der Waals surface area contributed by atoms with Gasteiger partial charge in [-0.3, -0.25) is 4.79 Å². The average molecular weight is 397 g/mol. The highest BCUT2D eigenvalue weighted by atomic mass is 16.5. The topological polar surface area (TPSA) is 87.0 Å². The number of hydrogen-bond donors (Lipinski definition) is 3. The third kappa shape index (κ3) is 9.85. The van der Waals surface area contributed by atoms with Gasteiger partial charge in [0, 0.05) is 18.8 Å². The van der Waals surface area contributed by atoms with Crippen molar-refractivity contribution in [1.82, 2.24) is 0 Å². The Hall–Kier alpha value is -1.17. The summed E-state index contributed by atoms with van der Waals surface area (Å²) < 4.78 is 6.04. The first kappa shape index (κ1) is 24.9. The van der Waals surface area contributed by atoms with Crippen LogP contribution in [0.5, 0.6) is 0 Å². The minimum atomic E-state index is -0.768. The van der Waals surface area contributed by atoms with Crippen LogP contribution in [0.25, 0.3) is 0 Å². The maximum atomic E-state index is 10.6. The Morgan fingerprint density at radius 1 is 1.21 bits per heavy atom. The Morgan fingerprint density at radius 3 is 2.61 bits per heavy atom. The number of aliphatic hydroxyl groups excluding tert-OH is 2. The molecule has 0 aliphatic heterocycles. The number of unbranched alkanes of at least 4 members (excludes halogenated alkanes) is 3. The third-order valence-electron chi connectivity index (χ3n) is 5.33. The molecule has 0 amide bonds. The number of rotatable bonds is 14. The molecule has 1 fully saturated rings. The van der Waals surface area contributed by atoms with Crippen LogP contribution in [0, 0.1) is 11.8 Å². The van der Waals surface area contributed by atoms with Crippen LogP contribution in [0.1, 0.15) is 78.6 Å². The first-order valence-corrected chi connectivity index (χ1v) is 10.9. The Morgan fingerprint density at radius 2 is 1.96 bits per heavy atom. The van der Waals surface area contributed by atoms with Crippen LogP contribution in [0.15, 0.2) is 24.3 Å². The van der Waals surface area contributed by atoms with E-state index in [2.05, 4.69) is 6.92 Å². The van der Waals surface area contributed by atoms with Gasteiger partial charge in [-0.15, -0.1) is 0 Å². The number of carboxylic acids is 1. The molecule has 0 radical (unpaired) electrons. The van der Waals surface area contributed by atoms with Gasteiger partial charge in [0.05, 0.1) is 24.4 Å². The fourth-order valence-electron chi connectivity index (χ4n) is 3.88. The Kier molecular flexibility index (Phi) is 12.4. The van der Waals surface area contributed by atoms with E-state index < -0.39 is 18.2 Å². The Bertz CT molecular complexity index is 485. The highest BCUT2D eigenvalue weighted by molar-refractivity contribution is 5.66. The second kappa shape index (κ2) is 13.9. The first-order chi connectivity index (χ1) is 13.3. The molecule has 28 heavy (non-hydrogen) atoms. The SMILES string of the molecule is CCCCC[C@H](O)/C=C/[C@H]1[C@H](OC(C)C)CC(O)[C@@H]1C/C=C\CCCC(=O)O. The van der Waals surface area contributed by atoms with E-state index in [0.29, 0.717) is 12.8 Å².